The summed E-state index contributed by atoms with van der Waals surface area (Å²) in [6, 6.07) is 12.5. The molecule has 3 nitrogen and oxygen atoms in total. The Labute approximate surface area is 131 Å². The summed E-state index contributed by atoms with van der Waals surface area (Å²) < 4.78 is 0. The van der Waals surface area contributed by atoms with Gasteiger partial charge in [-0.05, 0) is 48.6 Å². The van der Waals surface area contributed by atoms with Crippen LogP contribution in [0.25, 0.3) is 0 Å². The zero-order valence-corrected chi connectivity index (χ0v) is 13.1. The van der Waals surface area contributed by atoms with Crippen LogP contribution in [0.2, 0.25) is 5.02 Å². The Hall–Kier alpha value is -1.74. The van der Waals surface area contributed by atoms with Crippen LogP contribution in [-0.4, -0.2) is 19.1 Å². The van der Waals surface area contributed by atoms with Crippen molar-refractivity contribution >= 4 is 23.1 Å². The number of pyridine rings is 1. The molecule has 1 atom stereocenters. The third-order valence-corrected chi connectivity index (χ3v) is 4.10. The van der Waals surface area contributed by atoms with E-state index in [0.717, 1.165) is 16.5 Å². The van der Waals surface area contributed by atoms with E-state index >= 15 is 0 Å². The van der Waals surface area contributed by atoms with Crippen LogP contribution in [0.5, 0.6) is 0 Å². The molecule has 4 heteroatoms. The van der Waals surface area contributed by atoms with Gasteiger partial charge in [0.05, 0.1) is 11.7 Å². The van der Waals surface area contributed by atoms with Gasteiger partial charge in [-0.25, -0.2) is 4.98 Å². The van der Waals surface area contributed by atoms with Gasteiger partial charge in [-0.2, -0.15) is 0 Å². The van der Waals surface area contributed by atoms with E-state index in [2.05, 4.69) is 28.5 Å². The van der Waals surface area contributed by atoms with Gasteiger partial charge in [-0.1, -0.05) is 23.7 Å². The minimum absolute atomic E-state index is 0.324. The van der Waals surface area contributed by atoms with Crippen molar-refractivity contribution < 1.29 is 0 Å². The second-order valence-electron chi connectivity index (χ2n) is 5.78. The highest BCUT2D eigenvalue weighted by Crippen LogP contribution is 2.43. The number of hydrogen-bond acceptors (Lipinski definition) is 3. The number of benzene rings is 1. The zero-order chi connectivity index (χ0) is 14.8. The summed E-state index contributed by atoms with van der Waals surface area (Å²) in [5.41, 5.74) is 2.37. The van der Waals surface area contributed by atoms with Crippen LogP contribution in [0.3, 0.4) is 0 Å². The molecule has 21 heavy (non-hydrogen) atoms. The largest absolute Gasteiger partial charge is 0.375 e. The van der Waals surface area contributed by atoms with Gasteiger partial charge < -0.3 is 10.2 Å². The lowest BCUT2D eigenvalue weighted by Gasteiger charge is -2.23. The molecule has 0 bridgehead atoms. The van der Waals surface area contributed by atoms with Crippen molar-refractivity contribution in [2.45, 2.75) is 18.9 Å². The molecule has 0 amide bonds. The van der Waals surface area contributed by atoms with Gasteiger partial charge in [0.1, 0.15) is 0 Å². The van der Waals surface area contributed by atoms with Crippen LogP contribution in [0, 0.1) is 5.92 Å². The van der Waals surface area contributed by atoms with Crippen molar-refractivity contribution in [3.63, 3.8) is 0 Å². The maximum Gasteiger partial charge on any atom is 0.151 e. The van der Waals surface area contributed by atoms with E-state index in [1.165, 1.54) is 18.4 Å². The molecule has 1 aromatic heterocycles. The Morgan fingerprint density at radius 3 is 2.52 bits per heavy atom. The Balaban J connectivity index is 1.88. The quantitative estimate of drug-likeness (QED) is 0.889. The standard InChI is InChI=1S/C17H20ClN3/c1-21(2)17-15(4-3-11-19-17)20-16(12-5-6-12)13-7-9-14(18)10-8-13/h3-4,7-12,16,20H,5-6H2,1-2H3. The van der Waals surface area contributed by atoms with Crippen molar-refractivity contribution in [1.82, 2.24) is 4.98 Å². The Morgan fingerprint density at radius 2 is 1.90 bits per heavy atom. The molecule has 1 fully saturated rings. The molecule has 1 saturated carbocycles. The second-order valence-corrected chi connectivity index (χ2v) is 6.22. The SMILES string of the molecule is CN(C)c1ncccc1NC(c1ccc(Cl)cc1)C1CC1. The van der Waals surface area contributed by atoms with E-state index in [1.807, 2.05) is 43.4 Å². The van der Waals surface area contributed by atoms with Gasteiger partial charge in [0.2, 0.25) is 0 Å². The predicted molar refractivity (Wildman–Crippen MR) is 89.1 cm³/mol. The van der Waals surface area contributed by atoms with Crippen molar-refractivity contribution in [2.75, 3.05) is 24.3 Å². The molecule has 3 rings (SSSR count). The Morgan fingerprint density at radius 1 is 1.19 bits per heavy atom. The monoisotopic (exact) mass is 301 g/mol. The van der Waals surface area contributed by atoms with Crippen LogP contribution in [0.15, 0.2) is 42.6 Å². The number of anilines is 2. The van der Waals surface area contributed by atoms with Gasteiger partial charge in [0, 0.05) is 25.3 Å². The van der Waals surface area contributed by atoms with Crippen molar-refractivity contribution in [3.8, 4) is 0 Å². The molecule has 0 saturated heterocycles. The molecular formula is C17H20ClN3. The van der Waals surface area contributed by atoms with Gasteiger partial charge in [-0.15, -0.1) is 0 Å². The summed E-state index contributed by atoms with van der Waals surface area (Å²) in [5.74, 6) is 1.67. The van der Waals surface area contributed by atoms with Crippen LogP contribution >= 0.6 is 11.6 Å². The molecular weight excluding hydrogens is 282 g/mol. The highest BCUT2D eigenvalue weighted by Gasteiger charge is 2.32. The summed E-state index contributed by atoms with van der Waals surface area (Å²) in [6.07, 6.45) is 4.38. The molecule has 1 unspecified atom stereocenters. The predicted octanol–water partition coefficient (Wildman–Crippen LogP) is 4.36. The summed E-state index contributed by atoms with van der Waals surface area (Å²) in [7, 11) is 4.03. The number of nitrogens with one attached hydrogen (secondary N) is 1. The highest BCUT2D eigenvalue weighted by molar-refractivity contribution is 6.30. The van der Waals surface area contributed by atoms with Crippen LogP contribution in [0.1, 0.15) is 24.4 Å². The lowest BCUT2D eigenvalue weighted by molar-refractivity contribution is 0.678. The molecule has 0 spiro atoms. The molecule has 2 aromatic rings. The minimum Gasteiger partial charge on any atom is -0.375 e. The number of nitrogens with zero attached hydrogens (tertiary/aromatic N) is 2. The van der Waals surface area contributed by atoms with Crippen LogP contribution in [-0.2, 0) is 0 Å². The van der Waals surface area contributed by atoms with Crippen LogP contribution in [0.4, 0.5) is 11.5 Å². The summed E-state index contributed by atoms with van der Waals surface area (Å²) in [4.78, 5) is 6.50. The topological polar surface area (TPSA) is 28.2 Å². The van der Waals surface area contributed by atoms with E-state index in [-0.39, 0.29) is 0 Å². The first-order valence-electron chi connectivity index (χ1n) is 7.29. The second kappa shape index (κ2) is 5.94. The molecule has 1 N–H and O–H groups in total. The minimum atomic E-state index is 0.324. The Kier molecular flexibility index (Phi) is 4.02. The fraction of sp³-hybridized carbons (Fsp3) is 0.353. The Bertz CT molecular complexity index is 606. The maximum absolute atomic E-state index is 6.00. The molecule has 1 aliphatic rings. The molecule has 1 aliphatic carbocycles. The molecule has 0 aliphatic heterocycles. The fourth-order valence-electron chi connectivity index (χ4n) is 2.61. The third-order valence-electron chi connectivity index (χ3n) is 3.84. The smallest absolute Gasteiger partial charge is 0.151 e. The van der Waals surface area contributed by atoms with Gasteiger partial charge in [0.15, 0.2) is 5.82 Å². The van der Waals surface area contributed by atoms with Gasteiger partial charge in [0.25, 0.3) is 0 Å². The molecule has 110 valence electrons. The summed E-state index contributed by atoms with van der Waals surface area (Å²) >= 11 is 6.00. The fourth-order valence-corrected chi connectivity index (χ4v) is 2.73. The van der Waals surface area contributed by atoms with Crippen LogP contribution < -0.4 is 10.2 Å². The maximum atomic E-state index is 6.00. The average molecular weight is 302 g/mol. The first kappa shape index (κ1) is 14.2. The zero-order valence-electron chi connectivity index (χ0n) is 12.4. The van der Waals surface area contributed by atoms with Gasteiger partial charge >= 0.3 is 0 Å². The first-order chi connectivity index (χ1) is 10.1. The van der Waals surface area contributed by atoms with Gasteiger partial charge in [-0.3, -0.25) is 0 Å². The van der Waals surface area contributed by atoms with E-state index in [0.29, 0.717) is 12.0 Å². The average Bonchev–Trinajstić information content (AvgIpc) is 3.31. The first-order valence-corrected chi connectivity index (χ1v) is 7.67. The van der Waals surface area contributed by atoms with E-state index in [9.17, 15) is 0 Å². The summed E-state index contributed by atoms with van der Waals surface area (Å²) in [5, 5.41) is 4.46. The normalized spacial score (nSPS) is 15.6. The van der Waals surface area contributed by atoms with E-state index in [4.69, 9.17) is 11.6 Å². The molecule has 0 radical (unpaired) electrons. The number of halogens is 1. The lowest BCUT2D eigenvalue weighted by atomic mass is 10.0. The number of hydrogen-bond donors (Lipinski definition) is 1. The van der Waals surface area contributed by atoms with E-state index in [1.54, 1.807) is 0 Å². The van der Waals surface area contributed by atoms with Crippen molar-refractivity contribution in [1.29, 1.82) is 0 Å². The molecule has 1 heterocycles. The van der Waals surface area contributed by atoms with Crippen molar-refractivity contribution in [2.24, 2.45) is 5.92 Å². The lowest BCUT2D eigenvalue weighted by Crippen LogP contribution is -2.18. The van der Waals surface area contributed by atoms with Crippen molar-refractivity contribution in [3.05, 3.63) is 53.2 Å². The number of aromatic nitrogens is 1. The highest BCUT2D eigenvalue weighted by atomic mass is 35.5. The third kappa shape index (κ3) is 3.30. The summed E-state index contributed by atoms with van der Waals surface area (Å²) in [6.45, 7) is 0. The number of rotatable bonds is 5. The van der Waals surface area contributed by atoms with E-state index < -0.39 is 0 Å². The molecule has 1 aromatic carbocycles.